The van der Waals surface area contributed by atoms with Crippen LogP contribution in [-0.2, 0) is 16.2 Å². The highest BCUT2D eigenvalue weighted by molar-refractivity contribution is 7.89. The van der Waals surface area contributed by atoms with Crippen molar-refractivity contribution < 1.29 is 31.1 Å². The van der Waals surface area contributed by atoms with Crippen molar-refractivity contribution in [3.8, 4) is 11.5 Å². The Balaban J connectivity index is 1.71. The summed E-state index contributed by atoms with van der Waals surface area (Å²) in [6.45, 7) is 0.620. The SMILES string of the molecule is O=S(=O)(N[C@H](c1cccc(C(F)(F)F)c1)c1ncn[nH]1)c1ccc2c(c1)OCCO2. The van der Waals surface area contributed by atoms with Gasteiger partial charge in [0.15, 0.2) is 11.5 Å². The third-order valence-corrected chi connectivity index (χ3v) is 5.77. The van der Waals surface area contributed by atoms with Gasteiger partial charge in [0.05, 0.1) is 10.5 Å². The fourth-order valence-electron chi connectivity index (χ4n) is 2.94. The fourth-order valence-corrected chi connectivity index (χ4v) is 4.15. The number of ether oxygens (including phenoxy) is 2. The van der Waals surface area contributed by atoms with Crippen molar-refractivity contribution >= 4 is 10.0 Å². The molecule has 0 saturated heterocycles. The van der Waals surface area contributed by atoms with Gasteiger partial charge in [0.2, 0.25) is 10.0 Å². The Morgan fingerprint density at radius 2 is 1.83 bits per heavy atom. The number of nitrogens with zero attached hydrogens (tertiary/aromatic N) is 2. The molecule has 0 aliphatic carbocycles. The van der Waals surface area contributed by atoms with E-state index in [1.54, 1.807) is 0 Å². The molecule has 4 rings (SSSR count). The van der Waals surface area contributed by atoms with Crippen LogP contribution in [0.4, 0.5) is 13.2 Å². The van der Waals surface area contributed by atoms with Crippen molar-refractivity contribution in [3.05, 3.63) is 65.7 Å². The largest absolute Gasteiger partial charge is 0.486 e. The van der Waals surface area contributed by atoms with Gasteiger partial charge in [0, 0.05) is 6.07 Å². The summed E-state index contributed by atoms with van der Waals surface area (Å²) >= 11 is 0. The number of H-pyrrole nitrogens is 1. The molecule has 30 heavy (non-hydrogen) atoms. The predicted molar refractivity (Wildman–Crippen MR) is 97.4 cm³/mol. The second-order valence-electron chi connectivity index (χ2n) is 6.35. The van der Waals surface area contributed by atoms with E-state index >= 15 is 0 Å². The minimum Gasteiger partial charge on any atom is -0.486 e. The van der Waals surface area contributed by atoms with E-state index in [2.05, 4.69) is 19.9 Å². The summed E-state index contributed by atoms with van der Waals surface area (Å²) in [5.41, 5.74) is -0.870. The quantitative estimate of drug-likeness (QED) is 0.632. The summed E-state index contributed by atoms with van der Waals surface area (Å²) in [6, 6.07) is 7.16. The molecule has 0 amide bonds. The predicted octanol–water partition coefficient (Wildman–Crippen LogP) is 2.66. The van der Waals surface area contributed by atoms with E-state index in [4.69, 9.17) is 9.47 Å². The standard InChI is InChI=1S/C18H15F3N4O4S/c19-18(20,21)12-3-1-2-11(8-12)16(17-22-10-23-24-17)25-30(26,27)13-4-5-14-15(9-13)29-7-6-28-14/h1-5,8-10,16,25H,6-7H2,(H,22,23,24)/t16-/m1/s1. The average molecular weight is 440 g/mol. The van der Waals surface area contributed by atoms with E-state index in [1.807, 2.05) is 0 Å². The molecule has 0 saturated carbocycles. The van der Waals surface area contributed by atoms with Gasteiger partial charge in [-0.1, -0.05) is 12.1 Å². The number of halogens is 3. The molecule has 2 aromatic carbocycles. The fraction of sp³-hybridized carbons (Fsp3) is 0.222. The third kappa shape index (κ3) is 4.09. The molecule has 1 aliphatic heterocycles. The molecule has 0 unspecified atom stereocenters. The lowest BCUT2D eigenvalue weighted by Gasteiger charge is -2.21. The number of hydrogen-bond donors (Lipinski definition) is 2. The zero-order valence-electron chi connectivity index (χ0n) is 15.2. The summed E-state index contributed by atoms with van der Waals surface area (Å²) in [7, 11) is -4.17. The zero-order chi connectivity index (χ0) is 21.4. The van der Waals surface area contributed by atoms with Crippen LogP contribution in [0.2, 0.25) is 0 Å². The van der Waals surface area contributed by atoms with Gasteiger partial charge in [0.25, 0.3) is 0 Å². The number of fused-ring (bicyclic) bond motifs is 1. The van der Waals surface area contributed by atoms with Crippen LogP contribution >= 0.6 is 0 Å². The first-order valence-electron chi connectivity index (χ1n) is 8.68. The lowest BCUT2D eigenvalue weighted by atomic mass is 10.0. The summed E-state index contributed by atoms with van der Waals surface area (Å²) in [6.07, 6.45) is -3.45. The maximum absolute atomic E-state index is 13.1. The zero-order valence-corrected chi connectivity index (χ0v) is 16.0. The van der Waals surface area contributed by atoms with Crippen LogP contribution in [0.25, 0.3) is 0 Å². The van der Waals surface area contributed by atoms with Gasteiger partial charge in [-0.25, -0.2) is 13.4 Å². The van der Waals surface area contributed by atoms with E-state index in [0.717, 1.165) is 18.5 Å². The maximum Gasteiger partial charge on any atom is 0.416 e. The van der Waals surface area contributed by atoms with Crippen LogP contribution in [0.3, 0.4) is 0 Å². The molecule has 8 nitrogen and oxygen atoms in total. The number of aromatic amines is 1. The van der Waals surface area contributed by atoms with E-state index < -0.39 is 27.8 Å². The van der Waals surface area contributed by atoms with Crippen molar-refractivity contribution in [3.63, 3.8) is 0 Å². The number of alkyl halides is 3. The second kappa shape index (κ2) is 7.61. The van der Waals surface area contributed by atoms with Crippen LogP contribution in [0.15, 0.2) is 53.7 Å². The van der Waals surface area contributed by atoms with Gasteiger partial charge in [-0.3, -0.25) is 5.10 Å². The number of hydrogen-bond acceptors (Lipinski definition) is 6. The van der Waals surface area contributed by atoms with Crippen molar-refractivity contribution in [2.24, 2.45) is 0 Å². The molecule has 0 fully saturated rings. The Morgan fingerprint density at radius 1 is 1.07 bits per heavy atom. The number of nitrogens with one attached hydrogen (secondary N) is 2. The van der Waals surface area contributed by atoms with Crippen molar-refractivity contribution in [1.82, 2.24) is 19.9 Å². The van der Waals surface area contributed by atoms with Gasteiger partial charge in [0.1, 0.15) is 31.4 Å². The third-order valence-electron chi connectivity index (χ3n) is 4.35. The molecule has 1 atom stereocenters. The Labute approximate surface area is 169 Å². The molecule has 2 heterocycles. The molecular weight excluding hydrogens is 425 g/mol. The number of benzene rings is 2. The van der Waals surface area contributed by atoms with Crippen molar-refractivity contribution in [2.75, 3.05) is 13.2 Å². The van der Waals surface area contributed by atoms with Crippen LogP contribution in [0.1, 0.15) is 23.0 Å². The lowest BCUT2D eigenvalue weighted by Crippen LogP contribution is -2.30. The van der Waals surface area contributed by atoms with Crippen molar-refractivity contribution in [1.29, 1.82) is 0 Å². The summed E-state index contributed by atoms with van der Waals surface area (Å²) in [5, 5.41) is 6.17. The Hall–Kier alpha value is -3.12. The van der Waals surface area contributed by atoms with Gasteiger partial charge in [-0.05, 0) is 29.8 Å². The van der Waals surface area contributed by atoms with E-state index in [0.29, 0.717) is 12.4 Å². The smallest absolute Gasteiger partial charge is 0.416 e. The molecule has 1 aliphatic rings. The van der Waals surface area contributed by atoms with Crippen LogP contribution in [0, 0.1) is 0 Å². The Kier molecular flexibility index (Phi) is 5.12. The van der Waals surface area contributed by atoms with Gasteiger partial charge < -0.3 is 9.47 Å². The van der Waals surface area contributed by atoms with Crippen LogP contribution in [-0.4, -0.2) is 36.8 Å². The molecule has 2 N–H and O–H groups in total. The highest BCUT2D eigenvalue weighted by atomic mass is 32.2. The Bertz CT molecular complexity index is 1150. The molecule has 0 spiro atoms. The van der Waals surface area contributed by atoms with Gasteiger partial charge in [-0.15, -0.1) is 0 Å². The molecule has 12 heteroatoms. The molecule has 0 bridgehead atoms. The highest BCUT2D eigenvalue weighted by Gasteiger charge is 2.32. The molecule has 1 aromatic heterocycles. The van der Waals surface area contributed by atoms with E-state index in [1.165, 1.54) is 30.3 Å². The lowest BCUT2D eigenvalue weighted by molar-refractivity contribution is -0.137. The first-order valence-corrected chi connectivity index (χ1v) is 10.2. The molecule has 3 aromatic rings. The average Bonchev–Trinajstić information content (AvgIpc) is 3.26. The second-order valence-corrected chi connectivity index (χ2v) is 8.07. The number of rotatable bonds is 5. The van der Waals surface area contributed by atoms with Crippen LogP contribution < -0.4 is 14.2 Å². The van der Waals surface area contributed by atoms with E-state index in [-0.39, 0.29) is 28.6 Å². The molecule has 158 valence electrons. The monoisotopic (exact) mass is 440 g/mol. The molecular formula is C18H15F3N4O4S. The van der Waals surface area contributed by atoms with Crippen molar-refractivity contribution in [2.45, 2.75) is 17.1 Å². The Morgan fingerprint density at radius 3 is 2.53 bits per heavy atom. The van der Waals surface area contributed by atoms with Crippen LogP contribution in [0.5, 0.6) is 11.5 Å². The van der Waals surface area contributed by atoms with Gasteiger partial charge >= 0.3 is 6.18 Å². The van der Waals surface area contributed by atoms with E-state index in [9.17, 15) is 21.6 Å². The minimum atomic E-state index is -4.59. The summed E-state index contributed by atoms with van der Waals surface area (Å²) < 4.78 is 78.6. The first-order chi connectivity index (χ1) is 14.2. The normalized spacial score (nSPS) is 15.0. The van der Waals surface area contributed by atoms with Gasteiger partial charge in [-0.2, -0.15) is 23.0 Å². The summed E-state index contributed by atoms with van der Waals surface area (Å²) in [4.78, 5) is 3.78. The number of sulfonamides is 1. The maximum atomic E-state index is 13.1. The summed E-state index contributed by atoms with van der Waals surface area (Å²) in [5.74, 6) is 0.708. The topological polar surface area (TPSA) is 106 Å². The highest BCUT2D eigenvalue weighted by Crippen LogP contribution is 2.34. The number of aromatic nitrogens is 3. The first kappa shape index (κ1) is 20.2. The minimum absolute atomic E-state index is 0.0374. The molecule has 0 radical (unpaired) electrons.